The van der Waals surface area contributed by atoms with Gasteiger partial charge in [0.15, 0.2) is 0 Å². The molecule has 1 amide bonds. The van der Waals surface area contributed by atoms with Gasteiger partial charge in [0.25, 0.3) is 0 Å². The number of hydrogen-bond donors (Lipinski definition) is 2. The van der Waals surface area contributed by atoms with Crippen molar-refractivity contribution in [3.05, 3.63) is 47.2 Å². The molecule has 1 aromatic carbocycles. The minimum Gasteiger partial charge on any atom is -0.326 e. The van der Waals surface area contributed by atoms with Gasteiger partial charge in [-0.2, -0.15) is 13.2 Å². The molecule has 1 saturated carbocycles. The van der Waals surface area contributed by atoms with Gasteiger partial charge < -0.3 is 20.1 Å². The second kappa shape index (κ2) is 10.1. The second-order valence-electron chi connectivity index (χ2n) is 10.5. The smallest absolute Gasteiger partial charge is 0.326 e. The molecule has 5 rings (SSSR count). The van der Waals surface area contributed by atoms with Gasteiger partial charge in [-0.15, -0.1) is 0 Å². The molecule has 1 aromatic heterocycles. The summed E-state index contributed by atoms with van der Waals surface area (Å²) >= 11 is 0. The second-order valence-corrected chi connectivity index (χ2v) is 10.5. The topological polar surface area (TPSA) is 74.5 Å². The lowest BCUT2D eigenvalue weighted by atomic mass is 9.94. The van der Waals surface area contributed by atoms with Gasteiger partial charge >= 0.3 is 6.18 Å². The lowest BCUT2D eigenvalue weighted by Crippen LogP contribution is -2.44. The van der Waals surface area contributed by atoms with Crippen molar-refractivity contribution in [2.75, 3.05) is 26.2 Å². The Morgan fingerprint density at radius 3 is 2.73 bits per heavy atom. The van der Waals surface area contributed by atoms with E-state index < -0.39 is 11.6 Å². The van der Waals surface area contributed by atoms with Crippen molar-refractivity contribution < 1.29 is 18.0 Å². The number of amides is 1. The number of piperidine rings is 1. The molecule has 0 spiro atoms. The molecule has 2 fully saturated rings. The quantitative estimate of drug-likeness (QED) is 0.545. The van der Waals surface area contributed by atoms with Crippen molar-refractivity contribution in [3.63, 3.8) is 0 Å². The highest BCUT2D eigenvalue weighted by Crippen LogP contribution is 2.58. The molecular weight excluding hydrogens is 481 g/mol. The summed E-state index contributed by atoms with van der Waals surface area (Å²) in [5.41, 5.74) is 2.50. The maximum atomic E-state index is 13.3. The molecule has 198 valence electrons. The van der Waals surface area contributed by atoms with Crippen molar-refractivity contribution in [3.8, 4) is 11.3 Å². The van der Waals surface area contributed by atoms with E-state index in [9.17, 15) is 18.0 Å². The first-order valence-corrected chi connectivity index (χ1v) is 12.8. The van der Waals surface area contributed by atoms with Gasteiger partial charge in [0.1, 0.15) is 11.6 Å². The summed E-state index contributed by atoms with van der Waals surface area (Å²) in [4.78, 5) is 23.4. The fourth-order valence-corrected chi connectivity index (χ4v) is 5.34. The molecule has 1 saturated heterocycles. The van der Waals surface area contributed by atoms with Crippen molar-refractivity contribution >= 4 is 18.7 Å². The van der Waals surface area contributed by atoms with Gasteiger partial charge in [0, 0.05) is 31.1 Å². The third kappa shape index (κ3) is 5.36. The van der Waals surface area contributed by atoms with E-state index in [1.165, 1.54) is 0 Å². The first kappa shape index (κ1) is 25.7. The summed E-state index contributed by atoms with van der Waals surface area (Å²) in [5.74, 6) is 0.945. The average molecular weight is 515 g/mol. The van der Waals surface area contributed by atoms with Crippen LogP contribution in [0.15, 0.2) is 35.2 Å². The van der Waals surface area contributed by atoms with E-state index in [4.69, 9.17) is 0 Å². The molecule has 3 aliphatic rings. The van der Waals surface area contributed by atoms with Crippen LogP contribution in [0, 0.1) is 18.3 Å². The lowest BCUT2D eigenvalue weighted by Gasteiger charge is -2.34. The molecule has 0 radical (unpaired) electrons. The van der Waals surface area contributed by atoms with Crippen molar-refractivity contribution in [1.29, 1.82) is 0 Å². The van der Waals surface area contributed by atoms with Crippen LogP contribution in [-0.4, -0.2) is 59.4 Å². The van der Waals surface area contributed by atoms with Crippen LogP contribution in [0.1, 0.15) is 42.6 Å². The van der Waals surface area contributed by atoms with E-state index in [-0.39, 0.29) is 31.2 Å². The molecule has 2 N–H and O–H groups in total. The Bertz CT molecular complexity index is 1210. The first-order valence-electron chi connectivity index (χ1n) is 12.8. The summed E-state index contributed by atoms with van der Waals surface area (Å²) in [6, 6.07) is 6.16. The van der Waals surface area contributed by atoms with Crippen molar-refractivity contribution in [2.45, 2.75) is 51.9 Å². The third-order valence-electron chi connectivity index (χ3n) is 7.96. The highest BCUT2D eigenvalue weighted by molar-refractivity contribution is 5.82. The van der Waals surface area contributed by atoms with Crippen LogP contribution >= 0.6 is 0 Å². The number of fused-ring (bicyclic) bond motifs is 1. The number of nitrogens with zero attached hydrogens (tertiary/aromatic N) is 4. The minimum atomic E-state index is -4.15. The normalized spacial score (nSPS) is 20.4. The van der Waals surface area contributed by atoms with Gasteiger partial charge in [0.05, 0.1) is 23.9 Å². The van der Waals surface area contributed by atoms with Gasteiger partial charge in [-0.05, 0) is 75.7 Å². The van der Waals surface area contributed by atoms with E-state index in [0.29, 0.717) is 31.8 Å². The average Bonchev–Trinajstić information content (AvgIpc) is 3.55. The largest absolute Gasteiger partial charge is 0.395 e. The van der Waals surface area contributed by atoms with Crippen LogP contribution in [-0.2, 0) is 17.9 Å². The van der Waals surface area contributed by atoms with Gasteiger partial charge in [-0.25, -0.2) is 9.98 Å². The van der Waals surface area contributed by atoms with E-state index in [2.05, 4.69) is 44.0 Å². The molecule has 0 atom stereocenters. The Kier molecular flexibility index (Phi) is 6.97. The predicted molar refractivity (Wildman–Crippen MR) is 137 cm³/mol. The van der Waals surface area contributed by atoms with Crippen LogP contribution in [0.25, 0.3) is 17.3 Å². The minimum absolute atomic E-state index is 0.0384. The molecule has 10 heteroatoms. The van der Waals surface area contributed by atoms with Gasteiger partial charge in [-0.3, -0.25) is 4.79 Å². The molecule has 3 heterocycles. The maximum absolute atomic E-state index is 13.3. The number of alkyl halides is 3. The molecule has 0 bridgehead atoms. The van der Waals surface area contributed by atoms with E-state index >= 15 is 0 Å². The monoisotopic (exact) mass is 514 g/mol. The first-order chi connectivity index (χ1) is 17.7. The standard InChI is InChI=1S/C27H33F3N6O/c1-18-3-4-20(22-15-33-24-16-32-9-12-36(22)24)13-21(18)14-23(31-2)34-25(37)19-5-10-35(11-6-19)17-26(7-8-26)27(28,29)30/h3-4,13-15,19,32H,2,5-12,16-17H2,1H3,(H,34,37)/b23-14+. The number of nitrogens with one attached hydrogen (secondary N) is 2. The van der Waals surface area contributed by atoms with Gasteiger partial charge in [0.2, 0.25) is 5.91 Å². The SMILES string of the molecule is C=N/C(=C\c1cc(-c2cnc3n2CCNC3)ccc1C)NC(=O)C1CCN(CC2(C(F)(F)F)CC2)CC1. The lowest BCUT2D eigenvalue weighted by molar-refractivity contribution is -0.192. The van der Waals surface area contributed by atoms with Crippen LogP contribution in [0.4, 0.5) is 13.2 Å². The number of benzene rings is 1. The number of rotatable bonds is 7. The van der Waals surface area contributed by atoms with E-state index in [1.807, 2.05) is 30.2 Å². The number of aliphatic imine (C=N–C) groups is 1. The summed E-state index contributed by atoms with van der Waals surface area (Å²) < 4.78 is 42.1. The Balaban J connectivity index is 1.23. The van der Waals surface area contributed by atoms with Crippen LogP contribution in [0.5, 0.6) is 0 Å². The highest BCUT2D eigenvalue weighted by Gasteiger charge is 2.63. The molecule has 1 aliphatic carbocycles. The van der Waals surface area contributed by atoms with Crippen LogP contribution in [0.2, 0.25) is 0 Å². The molecule has 0 unspecified atom stereocenters. The highest BCUT2D eigenvalue weighted by atomic mass is 19.4. The summed E-state index contributed by atoms with van der Waals surface area (Å²) in [7, 11) is 0. The summed E-state index contributed by atoms with van der Waals surface area (Å²) in [5, 5.41) is 6.21. The predicted octanol–water partition coefficient (Wildman–Crippen LogP) is 4.13. The van der Waals surface area contributed by atoms with Crippen molar-refractivity contribution in [2.24, 2.45) is 16.3 Å². The number of imidazole rings is 1. The Morgan fingerprint density at radius 1 is 1.30 bits per heavy atom. The fraction of sp³-hybridized carbons (Fsp3) is 0.519. The molecule has 37 heavy (non-hydrogen) atoms. The van der Waals surface area contributed by atoms with Gasteiger partial charge in [-0.1, -0.05) is 12.1 Å². The number of likely N-dealkylation sites (tertiary alicyclic amines) is 1. The number of carbonyl (C=O) groups excluding carboxylic acids is 1. The molecule has 2 aliphatic heterocycles. The third-order valence-corrected chi connectivity index (χ3v) is 7.96. The van der Waals surface area contributed by atoms with Crippen molar-refractivity contribution in [1.82, 2.24) is 25.1 Å². The summed E-state index contributed by atoms with van der Waals surface area (Å²) in [6.07, 6.45) is 1.02. The number of halogens is 3. The Morgan fingerprint density at radius 2 is 2.05 bits per heavy atom. The molecule has 7 nitrogen and oxygen atoms in total. The molecular formula is C27H33F3N6O. The number of aromatic nitrogens is 2. The number of aryl methyl sites for hydroxylation is 1. The van der Waals surface area contributed by atoms with Crippen LogP contribution < -0.4 is 10.6 Å². The number of hydrogen-bond acceptors (Lipinski definition) is 5. The Labute approximate surface area is 214 Å². The zero-order valence-corrected chi connectivity index (χ0v) is 21.1. The van der Waals surface area contributed by atoms with E-state index in [1.54, 1.807) is 0 Å². The van der Waals surface area contributed by atoms with E-state index in [0.717, 1.165) is 47.8 Å². The van der Waals surface area contributed by atoms with Crippen LogP contribution in [0.3, 0.4) is 0 Å². The zero-order valence-electron chi connectivity index (χ0n) is 21.1. The summed E-state index contributed by atoms with van der Waals surface area (Å²) in [6.45, 7) is 9.14. The maximum Gasteiger partial charge on any atom is 0.395 e. The molecule has 2 aromatic rings. The zero-order chi connectivity index (χ0) is 26.2. The Hall–Kier alpha value is -2.98. The fourth-order valence-electron chi connectivity index (χ4n) is 5.34. The number of carbonyl (C=O) groups is 1.